The third-order valence-corrected chi connectivity index (χ3v) is 4.18. The Kier molecular flexibility index (Phi) is 4.20. The van der Waals surface area contributed by atoms with Gasteiger partial charge < -0.3 is 10.2 Å². The molecule has 3 rings (SSSR count). The van der Waals surface area contributed by atoms with Crippen LogP contribution in [0.5, 0.6) is 0 Å². The van der Waals surface area contributed by atoms with E-state index < -0.39 is 0 Å². The molecule has 1 saturated heterocycles. The van der Waals surface area contributed by atoms with E-state index in [-0.39, 0.29) is 11.9 Å². The molecular weight excluding hydrogens is 264 g/mol. The maximum Gasteiger partial charge on any atom is 0.244 e. The van der Waals surface area contributed by atoms with Gasteiger partial charge in [0.25, 0.3) is 0 Å². The third-order valence-electron chi connectivity index (χ3n) is 4.18. The lowest BCUT2D eigenvalue weighted by atomic mass is 10.2. The summed E-state index contributed by atoms with van der Waals surface area (Å²) >= 11 is 0. The molecule has 21 heavy (non-hydrogen) atoms. The summed E-state index contributed by atoms with van der Waals surface area (Å²) in [5.41, 5.74) is 1.000. The molecule has 1 aromatic carbocycles. The summed E-state index contributed by atoms with van der Waals surface area (Å²) in [5, 5.41) is 8.43. The molecule has 1 atom stereocenters. The molecule has 1 aromatic heterocycles. The highest BCUT2D eigenvalue weighted by Gasteiger charge is 2.18. The molecule has 5 nitrogen and oxygen atoms in total. The van der Waals surface area contributed by atoms with E-state index in [0.717, 1.165) is 30.5 Å². The predicted molar refractivity (Wildman–Crippen MR) is 83.1 cm³/mol. The molecule has 5 heteroatoms. The highest BCUT2D eigenvalue weighted by Crippen LogP contribution is 2.17. The van der Waals surface area contributed by atoms with Crippen LogP contribution in [-0.2, 0) is 4.79 Å². The van der Waals surface area contributed by atoms with Crippen LogP contribution in [0.25, 0.3) is 10.9 Å². The smallest absolute Gasteiger partial charge is 0.244 e. The summed E-state index contributed by atoms with van der Waals surface area (Å²) in [6.07, 6.45) is 4.37. The number of nitrogens with one attached hydrogen (secondary N) is 1. The van der Waals surface area contributed by atoms with E-state index in [2.05, 4.69) is 15.3 Å². The lowest BCUT2D eigenvalue weighted by Gasteiger charge is -2.17. The Labute approximate surface area is 124 Å². The quantitative estimate of drug-likeness (QED) is 0.912. The van der Waals surface area contributed by atoms with Crippen LogP contribution in [-0.4, -0.2) is 46.8 Å². The molecule has 1 unspecified atom stereocenters. The zero-order valence-corrected chi connectivity index (χ0v) is 12.5. The predicted octanol–water partition coefficient (Wildman–Crippen LogP) is 1.81. The number of hydrogen-bond acceptors (Lipinski definition) is 3. The van der Waals surface area contributed by atoms with Crippen molar-refractivity contribution in [3.05, 3.63) is 30.5 Å². The number of likely N-dealkylation sites (tertiary alicyclic amines) is 1. The minimum absolute atomic E-state index is 0.0306. The Morgan fingerprint density at radius 2 is 2.10 bits per heavy atom. The number of benzene rings is 1. The maximum absolute atomic E-state index is 12.3. The summed E-state index contributed by atoms with van der Waals surface area (Å²) < 4.78 is 1.79. The van der Waals surface area contributed by atoms with E-state index in [1.807, 2.05) is 37.4 Å². The molecule has 1 fully saturated rings. The largest absolute Gasteiger partial charge is 0.353 e. The molecule has 1 aliphatic rings. The highest BCUT2D eigenvalue weighted by atomic mass is 16.2. The SMILES string of the molecule is CC(C(=O)NCCN1CCCC1)n1ncc2ccccc21. The molecule has 112 valence electrons. The average molecular weight is 286 g/mol. The van der Waals surface area contributed by atoms with Gasteiger partial charge in [-0.2, -0.15) is 5.10 Å². The van der Waals surface area contributed by atoms with Crippen molar-refractivity contribution in [2.75, 3.05) is 26.2 Å². The lowest BCUT2D eigenvalue weighted by Crippen LogP contribution is -2.37. The number of aromatic nitrogens is 2. The summed E-state index contributed by atoms with van der Waals surface area (Å²) in [7, 11) is 0. The van der Waals surface area contributed by atoms with Gasteiger partial charge in [-0.3, -0.25) is 9.48 Å². The van der Waals surface area contributed by atoms with Crippen molar-refractivity contribution in [2.24, 2.45) is 0 Å². The average Bonchev–Trinajstić information content (AvgIpc) is 3.15. The molecule has 2 heterocycles. The van der Waals surface area contributed by atoms with Crippen molar-refractivity contribution >= 4 is 16.8 Å². The standard InChI is InChI=1S/C16H22N4O/c1-13(16(21)17-8-11-19-9-4-5-10-19)20-15-7-3-2-6-14(15)12-18-20/h2-3,6-7,12-13H,4-5,8-11H2,1H3,(H,17,21). The lowest BCUT2D eigenvalue weighted by molar-refractivity contribution is -0.124. The van der Waals surface area contributed by atoms with Gasteiger partial charge in [0.05, 0.1) is 11.7 Å². The Bertz CT molecular complexity index is 616. The molecule has 0 aliphatic carbocycles. The van der Waals surface area contributed by atoms with Crippen LogP contribution >= 0.6 is 0 Å². The van der Waals surface area contributed by atoms with Crippen LogP contribution < -0.4 is 5.32 Å². The van der Waals surface area contributed by atoms with Gasteiger partial charge in [-0.05, 0) is 38.9 Å². The Morgan fingerprint density at radius 3 is 2.90 bits per heavy atom. The van der Waals surface area contributed by atoms with Crippen molar-refractivity contribution < 1.29 is 4.79 Å². The van der Waals surface area contributed by atoms with Crippen LogP contribution in [0.15, 0.2) is 30.5 Å². The van der Waals surface area contributed by atoms with E-state index in [0.29, 0.717) is 6.54 Å². The number of amides is 1. The molecule has 0 saturated carbocycles. The second-order valence-corrected chi connectivity index (χ2v) is 5.66. The monoisotopic (exact) mass is 286 g/mol. The normalized spacial score (nSPS) is 17.2. The van der Waals surface area contributed by atoms with Gasteiger partial charge in [0.15, 0.2) is 0 Å². The van der Waals surface area contributed by atoms with Crippen molar-refractivity contribution in [1.29, 1.82) is 0 Å². The Morgan fingerprint density at radius 1 is 1.33 bits per heavy atom. The first-order valence-electron chi connectivity index (χ1n) is 7.68. The first kappa shape index (κ1) is 14.1. The van der Waals surface area contributed by atoms with Crippen molar-refractivity contribution in [1.82, 2.24) is 20.0 Å². The number of fused-ring (bicyclic) bond motifs is 1. The summed E-state index contributed by atoms with van der Waals surface area (Å²) in [4.78, 5) is 14.7. The van der Waals surface area contributed by atoms with E-state index in [1.54, 1.807) is 4.68 Å². The topological polar surface area (TPSA) is 50.2 Å². The fraction of sp³-hybridized carbons (Fsp3) is 0.500. The third kappa shape index (κ3) is 3.08. The van der Waals surface area contributed by atoms with Gasteiger partial charge in [-0.1, -0.05) is 18.2 Å². The van der Waals surface area contributed by atoms with Crippen LogP contribution in [0.2, 0.25) is 0 Å². The second-order valence-electron chi connectivity index (χ2n) is 5.66. The summed E-state index contributed by atoms with van der Waals surface area (Å²) in [6, 6.07) is 7.67. The van der Waals surface area contributed by atoms with Crippen LogP contribution in [0.4, 0.5) is 0 Å². The number of para-hydroxylation sites is 1. The first-order valence-corrected chi connectivity index (χ1v) is 7.68. The molecular formula is C16H22N4O. The van der Waals surface area contributed by atoms with Gasteiger partial charge in [0.2, 0.25) is 5.91 Å². The van der Waals surface area contributed by atoms with E-state index in [9.17, 15) is 4.79 Å². The molecule has 0 spiro atoms. The Balaban J connectivity index is 1.58. The molecule has 1 aliphatic heterocycles. The maximum atomic E-state index is 12.3. The molecule has 1 N–H and O–H groups in total. The fourth-order valence-electron chi connectivity index (χ4n) is 2.90. The molecule has 0 radical (unpaired) electrons. The number of rotatable bonds is 5. The number of carbonyl (C=O) groups is 1. The van der Waals surface area contributed by atoms with Gasteiger partial charge in [0, 0.05) is 18.5 Å². The molecule has 1 amide bonds. The Hall–Kier alpha value is -1.88. The van der Waals surface area contributed by atoms with E-state index in [4.69, 9.17) is 0 Å². The van der Waals surface area contributed by atoms with E-state index >= 15 is 0 Å². The number of carbonyl (C=O) groups excluding carboxylic acids is 1. The van der Waals surface area contributed by atoms with Crippen molar-refractivity contribution in [2.45, 2.75) is 25.8 Å². The van der Waals surface area contributed by atoms with Gasteiger partial charge >= 0.3 is 0 Å². The van der Waals surface area contributed by atoms with Crippen LogP contribution in [0.1, 0.15) is 25.8 Å². The minimum Gasteiger partial charge on any atom is -0.353 e. The number of hydrogen-bond donors (Lipinski definition) is 1. The van der Waals surface area contributed by atoms with E-state index in [1.165, 1.54) is 12.8 Å². The van der Waals surface area contributed by atoms with Gasteiger partial charge in [-0.15, -0.1) is 0 Å². The summed E-state index contributed by atoms with van der Waals surface area (Å²) in [6.45, 7) is 5.87. The minimum atomic E-state index is -0.288. The van der Waals surface area contributed by atoms with Crippen molar-refractivity contribution in [3.8, 4) is 0 Å². The van der Waals surface area contributed by atoms with Crippen molar-refractivity contribution in [3.63, 3.8) is 0 Å². The zero-order chi connectivity index (χ0) is 14.7. The van der Waals surface area contributed by atoms with Crippen LogP contribution in [0, 0.1) is 0 Å². The second kappa shape index (κ2) is 6.26. The zero-order valence-electron chi connectivity index (χ0n) is 12.5. The summed E-state index contributed by atoms with van der Waals surface area (Å²) in [5.74, 6) is 0.0306. The van der Waals surface area contributed by atoms with Gasteiger partial charge in [0.1, 0.15) is 6.04 Å². The molecule has 0 bridgehead atoms. The van der Waals surface area contributed by atoms with Gasteiger partial charge in [-0.25, -0.2) is 0 Å². The molecule has 2 aromatic rings. The number of nitrogens with zero attached hydrogens (tertiary/aromatic N) is 3. The fourth-order valence-corrected chi connectivity index (χ4v) is 2.90. The highest BCUT2D eigenvalue weighted by molar-refractivity contribution is 5.84. The van der Waals surface area contributed by atoms with Crippen LogP contribution in [0.3, 0.4) is 0 Å². The first-order chi connectivity index (χ1) is 10.3.